The lowest BCUT2D eigenvalue weighted by molar-refractivity contribution is 0.232. The number of aromatic nitrogens is 2. The molecule has 1 aliphatic rings. The van der Waals surface area contributed by atoms with Crippen LogP contribution < -0.4 is 15.8 Å². The number of nitrogens with two attached hydrogens (primary N) is 1. The first-order valence-electron chi connectivity index (χ1n) is 7.15. The molecule has 0 radical (unpaired) electrons. The first-order chi connectivity index (χ1) is 9.19. The highest BCUT2D eigenvalue weighted by Crippen LogP contribution is 2.28. The smallest absolute Gasteiger partial charge is 0.226 e. The van der Waals surface area contributed by atoms with E-state index in [1.54, 1.807) is 12.3 Å². The molecule has 0 saturated heterocycles. The number of ether oxygens (including phenoxy) is 1. The molecule has 1 aromatic rings. The van der Waals surface area contributed by atoms with Gasteiger partial charge in [0.05, 0.1) is 6.10 Å². The third-order valence-electron chi connectivity index (χ3n) is 3.52. The zero-order valence-electron chi connectivity index (χ0n) is 11.8. The van der Waals surface area contributed by atoms with Crippen LogP contribution in [-0.4, -0.2) is 28.7 Å². The monoisotopic (exact) mass is 264 g/mol. The molecule has 5 nitrogen and oxygen atoms in total. The highest BCUT2D eigenvalue weighted by molar-refractivity contribution is 5.29. The van der Waals surface area contributed by atoms with E-state index in [1.807, 2.05) is 13.8 Å². The molecule has 19 heavy (non-hydrogen) atoms. The maximum absolute atomic E-state index is 5.87. The van der Waals surface area contributed by atoms with Crippen LogP contribution in [0.15, 0.2) is 12.3 Å². The average Bonchev–Trinajstić information content (AvgIpc) is 2.89. The minimum atomic E-state index is 0.114. The predicted molar refractivity (Wildman–Crippen MR) is 76.2 cm³/mol. The highest BCUT2D eigenvalue weighted by atomic mass is 16.5. The van der Waals surface area contributed by atoms with Gasteiger partial charge in [-0.2, -0.15) is 4.98 Å². The molecule has 0 aliphatic heterocycles. The first kappa shape index (κ1) is 14.1. The van der Waals surface area contributed by atoms with Crippen molar-refractivity contribution >= 4 is 5.95 Å². The lowest BCUT2D eigenvalue weighted by Crippen LogP contribution is -2.35. The first-order valence-corrected chi connectivity index (χ1v) is 7.15. The second-order valence-corrected chi connectivity index (χ2v) is 5.42. The lowest BCUT2D eigenvalue weighted by atomic mass is 9.98. The molecule has 0 spiro atoms. The molecule has 2 rings (SSSR count). The van der Waals surface area contributed by atoms with Crippen molar-refractivity contribution in [2.75, 3.05) is 11.9 Å². The SMILES string of the molecule is CC(C)Oc1ccnc(NC(CN)C2CCCC2)n1. The Labute approximate surface area is 115 Å². The Kier molecular flexibility index (Phi) is 4.96. The standard InChI is InChI=1S/C14H24N4O/c1-10(2)19-13-7-8-16-14(18-13)17-12(9-15)11-5-3-4-6-11/h7-8,10-12H,3-6,9,15H2,1-2H3,(H,16,17,18). The quantitative estimate of drug-likeness (QED) is 0.824. The van der Waals surface area contributed by atoms with Gasteiger partial charge in [-0.15, -0.1) is 0 Å². The van der Waals surface area contributed by atoms with Gasteiger partial charge in [0.1, 0.15) is 0 Å². The van der Waals surface area contributed by atoms with E-state index in [4.69, 9.17) is 10.5 Å². The topological polar surface area (TPSA) is 73.1 Å². The number of hydrogen-bond donors (Lipinski definition) is 2. The minimum absolute atomic E-state index is 0.114. The summed E-state index contributed by atoms with van der Waals surface area (Å²) in [5.74, 6) is 1.86. The summed E-state index contributed by atoms with van der Waals surface area (Å²) >= 11 is 0. The zero-order chi connectivity index (χ0) is 13.7. The molecule has 3 N–H and O–H groups in total. The van der Waals surface area contributed by atoms with E-state index < -0.39 is 0 Å². The van der Waals surface area contributed by atoms with E-state index in [0.29, 0.717) is 24.3 Å². The molecule has 1 heterocycles. The molecule has 5 heteroatoms. The number of anilines is 1. The Morgan fingerprint density at radius 1 is 1.42 bits per heavy atom. The molecule has 106 valence electrons. The third-order valence-corrected chi connectivity index (χ3v) is 3.52. The van der Waals surface area contributed by atoms with E-state index in [-0.39, 0.29) is 12.1 Å². The van der Waals surface area contributed by atoms with E-state index in [1.165, 1.54) is 25.7 Å². The van der Waals surface area contributed by atoms with Gasteiger partial charge >= 0.3 is 0 Å². The molecule has 1 aromatic heterocycles. The molecule has 1 unspecified atom stereocenters. The molecule has 1 saturated carbocycles. The Morgan fingerprint density at radius 2 is 2.16 bits per heavy atom. The Morgan fingerprint density at radius 3 is 2.79 bits per heavy atom. The Hall–Kier alpha value is -1.36. The van der Waals surface area contributed by atoms with Gasteiger partial charge in [-0.3, -0.25) is 0 Å². The summed E-state index contributed by atoms with van der Waals surface area (Å²) in [6.07, 6.45) is 6.94. The fraction of sp³-hybridized carbons (Fsp3) is 0.714. The highest BCUT2D eigenvalue weighted by Gasteiger charge is 2.24. The third kappa shape index (κ3) is 4.06. The summed E-state index contributed by atoms with van der Waals surface area (Å²) in [7, 11) is 0. The summed E-state index contributed by atoms with van der Waals surface area (Å²) in [6.45, 7) is 4.58. The van der Waals surface area contributed by atoms with Crippen LogP contribution >= 0.6 is 0 Å². The second kappa shape index (κ2) is 6.70. The largest absolute Gasteiger partial charge is 0.475 e. The predicted octanol–water partition coefficient (Wildman–Crippen LogP) is 2.19. The average molecular weight is 264 g/mol. The van der Waals surface area contributed by atoms with Crippen LogP contribution in [0.4, 0.5) is 5.95 Å². The Balaban J connectivity index is 2.00. The zero-order valence-corrected chi connectivity index (χ0v) is 11.8. The van der Waals surface area contributed by atoms with Crippen LogP contribution in [0.5, 0.6) is 5.88 Å². The van der Waals surface area contributed by atoms with Crippen LogP contribution in [0.1, 0.15) is 39.5 Å². The van der Waals surface area contributed by atoms with Crippen molar-refractivity contribution < 1.29 is 4.74 Å². The molecule has 0 bridgehead atoms. The van der Waals surface area contributed by atoms with Gasteiger partial charge in [0.2, 0.25) is 11.8 Å². The van der Waals surface area contributed by atoms with Gasteiger partial charge in [-0.1, -0.05) is 12.8 Å². The van der Waals surface area contributed by atoms with Crippen LogP contribution in [0.2, 0.25) is 0 Å². The number of hydrogen-bond acceptors (Lipinski definition) is 5. The van der Waals surface area contributed by atoms with E-state index in [2.05, 4.69) is 15.3 Å². The van der Waals surface area contributed by atoms with Crippen LogP contribution in [0.3, 0.4) is 0 Å². The number of nitrogens with zero attached hydrogens (tertiary/aromatic N) is 2. The number of nitrogens with one attached hydrogen (secondary N) is 1. The van der Waals surface area contributed by atoms with Crippen LogP contribution in [-0.2, 0) is 0 Å². The fourth-order valence-corrected chi connectivity index (χ4v) is 2.61. The van der Waals surface area contributed by atoms with Crippen molar-refractivity contribution in [3.8, 4) is 5.88 Å². The molecule has 1 fully saturated rings. The van der Waals surface area contributed by atoms with Crippen molar-refractivity contribution in [1.82, 2.24) is 9.97 Å². The van der Waals surface area contributed by atoms with Gasteiger partial charge in [-0.05, 0) is 32.6 Å². The summed E-state index contributed by atoms with van der Waals surface area (Å²) in [5.41, 5.74) is 5.87. The Bertz CT molecular complexity index is 391. The lowest BCUT2D eigenvalue weighted by Gasteiger charge is -2.23. The second-order valence-electron chi connectivity index (χ2n) is 5.42. The molecule has 1 aliphatic carbocycles. The summed E-state index contributed by atoms with van der Waals surface area (Å²) in [6, 6.07) is 2.04. The van der Waals surface area contributed by atoms with Crippen molar-refractivity contribution in [2.24, 2.45) is 11.7 Å². The summed E-state index contributed by atoms with van der Waals surface area (Å²) in [4.78, 5) is 8.62. The van der Waals surface area contributed by atoms with Gasteiger partial charge in [-0.25, -0.2) is 4.98 Å². The van der Waals surface area contributed by atoms with Gasteiger partial charge in [0, 0.05) is 24.8 Å². The van der Waals surface area contributed by atoms with Crippen molar-refractivity contribution in [3.63, 3.8) is 0 Å². The van der Waals surface area contributed by atoms with Gasteiger partial charge < -0.3 is 15.8 Å². The molecular weight excluding hydrogens is 240 g/mol. The van der Waals surface area contributed by atoms with Crippen molar-refractivity contribution in [3.05, 3.63) is 12.3 Å². The van der Waals surface area contributed by atoms with E-state index >= 15 is 0 Å². The molecule has 0 aromatic carbocycles. The van der Waals surface area contributed by atoms with Crippen molar-refractivity contribution in [2.45, 2.75) is 51.7 Å². The van der Waals surface area contributed by atoms with Gasteiger partial charge in [0.15, 0.2) is 0 Å². The molecule has 1 atom stereocenters. The van der Waals surface area contributed by atoms with E-state index in [0.717, 1.165) is 0 Å². The van der Waals surface area contributed by atoms with Crippen LogP contribution in [0.25, 0.3) is 0 Å². The van der Waals surface area contributed by atoms with Crippen LogP contribution in [0, 0.1) is 5.92 Å². The summed E-state index contributed by atoms with van der Waals surface area (Å²) < 4.78 is 5.57. The maximum Gasteiger partial charge on any atom is 0.226 e. The fourth-order valence-electron chi connectivity index (χ4n) is 2.61. The number of rotatable bonds is 6. The summed E-state index contributed by atoms with van der Waals surface area (Å²) in [5, 5.41) is 3.36. The molecular formula is C14H24N4O. The molecule has 0 amide bonds. The van der Waals surface area contributed by atoms with E-state index in [9.17, 15) is 0 Å². The normalized spacial score (nSPS) is 17.7. The maximum atomic E-state index is 5.87. The van der Waals surface area contributed by atoms with Crippen molar-refractivity contribution in [1.29, 1.82) is 0 Å². The minimum Gasteiger partial charge on any atom is -0.475 e. The van der Waals surface area contributed by atoms with Gasteiger partial charge in [0.25, 0.3) is 0 Å².